The first-order chi connectivity index (χ1) is 24.5. The zero-order chi connectivity index (χ0) is 35.9. The van der Waals surface area contributed by atoms with Crippen LogP contribution in [0.4, 0.5) is 10.7 Å². The van der Waals surface area contributed by atoms with Gasteiger partial charge in [-0.2, -0.15) is 5.10 Å². The highest BCUT2D eigenvalue weighted by molar-refractivity contribution is 7.15. The lowest BCUT2D eigenvalue weighted by molar-refractivity contribution is -0.135. The van der Waals surface area contributed by atoms with Crippen LogP contribution in [0.2, 0.25) is 5.02 Å². The van der Waals surface area contributed by atoms with Crippen LogP contribution in [0.15, 0.2) is 76.7 Å². The molecule has 0 aliphatic heterocycles. The van der Waals surface area contributed by atoms with Crippen molar-refractivity contribution in [3.63, 3.8) is 0 Å². The van der Waals surface area contributed by atoms with Crippen molar-refractivity contribution in [1.29, 1.82) is 0 Å². The van der Waals surface area contributed by atoms with Crippen molar-refractivity contribution in [1.82, 2.24) is 0 Å². The lowest BCUT2D eigenvalue weighted by atomic mass is 9.47. The number of aliphatic hydroxyl groups is 1. The van der Waals surface area contributed by atoms with Crippen molar-refractivity contribution >= 4 is 57.0 Å². The number of carbonyl (C=O) groups excluding carboxylic acids is 3. The number of ketones is 1. The van der Waals surface area contributed by atoms with Crippen LogP contribution in [0.1, 0.15) is 99.5 Å². The van der Waals surface area contributed by atoms with Gasteiger partial charge in [-0.3, -0.25) is 15.0 Å². The lowest BCUT2D eigenvalue weighted by Crippen LogP contribution is -2.50. The number of hydrogen-bond acceptors (Lipinski definition) is 8. The Morgan fingerprint density at radius 1 is 1.00 bits per heavy atom. The van der Waals surface area contributed by atoms with Crippen molar-refractivity contribution in [2.45, 2.75) is 84.2 Å². The number of anilines is 2. The maximum Gasteiger partial charge on any atom is 0.364 e. The van der Waals surface area contributed by atoms with Crippen LogP contribution in [-0.4, -0.2) is 41.2 Å². The van der Waals surface area contributed by atoms with Gasteiger partial charge < -0.3 is 15.2 Å². The fourth-order valence-corrected chi connectivity index (χ4v) is 11.2. The van der Waals surface area contributed by atoms with E-state index in [0.29, 0.717) is 44.6 Å². The van der Waals surface area contributed by atoms with E-state index in [1.54, 1.807) is 43.3 Å². The Bertz CT molecular complexity index is 1870. The molecule has 0 spiro atoms. The third kappa shape index (κ3) is 6.57. The number of fused-ring (bicyclic) bond motifs is 5. The highest BCUT2D eigenvalue weighted by atomic mass is 35.5. The maximum atomic E-state index is 14.4. The summed E-state index contributed by atoms with van der Waals surface area (Å²) in [7, 11) is 0. The molecule has 0 unspecified atom stereocenters. The van der Waals surface area contributed by atoms with Crippen molar-refractivity contribution in [3.8, 4) is 0 Å². The fourth-order valence-electron chi connectivity index (χ4n) is 10.0. The Balaban J connectivity index is 1.21. The summed E-state index contributed by atoms with van der Waals surface area (Å²) in [5.41, 5.74) is 6.44. The predicted molar refractivity (Wildman–Crippen MR) is 202 cm³/mol. The van der Waals surface area contributed by atoms with E-state index in [2.05, 4.69) is 35.8 Å². The van der Waals surface area contributed by atoms with Gasteiger partial charge in [0.1, 0.15) is 5.00 Å². The number of hydrogen-bond donors (Lipinski definition) is 3. The van der Waals surface area contributed by atoms with Gasteiger partial charge in [0, 0.05) is 10.6 Å². The molecule has 8 nitrogen and oxygen atoms in total. The molecule has 4 aliphatic rings. The minimum absolute atomic E-state index is 0.00876. The topological polar surface area (TPSA) is 117 Å². The van der Waals surface area contributed by atoms with Gasteiger partial charge in [-0.15, -0.1) is 11.3 Å². The number of aliphatic hydroxyl groups excluding tert-OH is 1. The molecule has 3 saturated carbocycles. The molecule has 0 saturated heterocycles. The van der Waals surface area contributed by atoms with E-state index in [4.69, 9.17) is 16.3 Å². The van der Waals surface area contributed by atoms with Gasteiger partial charge in [0.15, 0.2) is 5.78 Å². The highest BCUT2D eigenvalue weighted by Gasteiger charge is 2.59. The molecular formula is C41H46ClN3O5S. The zero-order valence-electron chi connectivity index (χ0n) is 29.4. The first-order valence-electron chi connectivity index (χ1n) is 18.2. The number of halogens is 1. The van der Waals surface area contributed by atoms with Crippen LogP contribution in [0.25, 0.3) is 0 Å². The van der Waals surface area contributed by atoms with Gasteiger partial charge in [0.2, 0.25) is 5.71 Å². The molecule has 7 atom stereocenters. The Morgan fingerprint density at radius 3 is 2.51 bits per heavy atom. The average molecular weight is 728 g/mol. The van der Waals surface area contributed by atoms with E-state index in [-0.39, 0.29) is 35.2 Å². The summed E-state index contributed by atoms with van der Waals surface area (Å²) in [6.45, 7) is 6.60. The van der Waals surface area contributed by atoms with Crippen molar-refractivity contribution < 1.29 is 24.2 Å². The normalized spacial score (nSPS) is 29.9. The standard InChI is InChI=1S/C41H46ClN3O5S/c1-4-50-39(49)35(45-44-27-13-11-26(42)12-14-27)37(48)43-38-34(36(47)24-8-6-5-7-9-24)30(23-51-38)32-17-16-31-29-15-10-25-22-28(46)18-20-40(25,2)33(29)19-21-41(31,32)3/h5-14,23,28-29,31-33,44,46H,4,15-22H2,1-3H3,(H,43,48)/b45-35-/t28-,29-,31-,32+,33-,40-,41-/m0/s1. The number of benzene rings is 2. The lowest BCUT2D eigenvalue weighted by Gasteiger charge is -2.58. The number of rotatable bonds is 9. The number of nitrogens with zero attached hydrogens (tertiary/aromatic N) is 1. The van der Waals surface area contributed by atoms with E-state index in [0.717, 1.165) is 56.9 Å². The summed E-state index contributed by atoms with van der Waals surface area (Å²) in [4.78, 5) is 41.3. The zero-order valence-corrected chi connectivity index (χ0v) is 31.0. The third-order valence-electron chi connectivity index (χ3n) is 12.6. The van der Waals surface area contributed by atoms with Crippen molar-refractivity contribution in [3.05, 3.63) is 93.3 Å². The summed E-state index contributed by atoms with van der Waals surface area (Å²) in [6.07, 6.45) is 10.3. The fraction of sp³-hybridized carbons (Fsp3) is 0.463. The Hall–Kier alpha value is -3.79. The number of thiophene rings is 1. The number of allylic oxidation sites excluding steroid dienone is 1. The van der Waals surface area contributed by atoms with E-state index < -0.39 is 17.6 Å². The second-order valence-corrected chi connectivity index (χ2v) is 16.5. The average Bonchev–Trinajstić information content (AvgIpc) is 3.69. The molecule has 7 rings (SSSR count). The Labute approximate surface area is 308 Å². The summed E-state index contributed by atoms with van der Waals surface area (Å²) >= 11 is 7.33. The van der Waals surface area contributed by atoms with Crippen LogP contribution >= 0.6 is 22.9 Å². The number of nitrogens with one attached hydrogen (secondary N) is 2. The first-order valence-corrected chi connectivity index (χ1v) is 19.5. The number of ether oxygens (including phenoxy) is 1. The second-order valence-electron chi connectivity index (χ2n) is 15.2. The Morgan fingerprint density at radius 2 is 1.76 bits per heavy atom. The summed E-state index contributed by atoms with van der Waals surface area (Å²) < 4.78 is 5.19. The first kappa shape index (κ1) is 35.6. The smallest absolute Gasteiger partial charge is 0.364 e. The minimum Gasteiger partial charge on any atom is -0.461 e. The van der Waals surface area contributed by atoms with Crippen LogP contribution in [0, 0.1) is 28.6 Å². The van der Waals surface area contributed by atoms with Crippen LogP contribution in [0.3, 0.4) is 0 Å². The monoisotopic (exact) mass is 727 g/mol. The van der Waals surface area contributed by atoms with Crippen LogP contribution in [-0.2, 0) is 14.3 Å². The van der Waals surface area contributed by atoms with Gasteiger partial charge in [-0.05, 0) is 128 Å². The van der Waals surface area contributed by atoms with Gasteiger partial charge in [-0.25, -0.2) is 4.79 Å². The van der Waals surface area contributed by atoms with Gasteiger partial charge in [0.25, 0.3) is 5.91 Å². The quantitative estimate of drug-likeness (QED) is 0.0506. The van der Waals surface area contributed by atoms with Gasteiger partial charge in [0.05, 0.1) is 24.0 Å². The van der Waals surface area contributed by atoms with Crippen molar-refractivity contribution in [2.24, 2.45) is 33.7 Å². The highest BCUT2D eigenvalue weighted by Crippen LogP contribution is 2.68. The molecule has 51 heavy (non-hydrogen) atoms. The second kappa shape index (κ2) is 14.3. The maximum absolute atomic E-state index is 14.4. The summed E-state index contributed by atoms with van der Waals surface area (Å²) in [5.74, 6) is 0.0308. The SMILES string of the molecule is CCOC(=O)/C(=N\Nc1ccc(Cl)cc1)C(=O)Nc1scc([C@H]2CC[C@H]3[C@@H]4CC=C5C[C@@H](O)CC[C@]5(C)[C@H]4CC[C@]23C)c1C(=O)c1ccccc1. The molecule has 268 valence electrons. The summed E-state index contributed by atoms with van der Waals surface area (Å²) in [5, 5.41) is 20.5. The number of amides is 1. The molecular weight excluding hydrogens is 682 g/mol. The number of hydrazone groups is 1. The van der Waals surface area contributed by atoms with Gasteiger partial charge in [-0.1, -0.05) is 67.4 Å². The van der Waals surface area contributed by atoms with Crippen LogP contribution in [0.5, 0.6) is 0 Å². The van der Waals surface area contributed by atoms with Gasteiger partial charge >= 0.3 is 5.97 Å². The molecule has 1 amide bonds. The number of carbonyl (C=O) groups is 3. The molecule has 3 aromatic rings. The molecule has 4 aliphatic carbocycles. The molecule has 0 bridgehead atoms. The number of esters is 1. The third-order valence-corrected chi connectivity index (χ3v) is 13.8. The van der Waals surface area contributed by atoms with Crippen LogP contribution < -0.4 is 10.7 Å². The minimum atomic E-state index is -0.877. The van der Waals surface area contributed by atoms with E-state index in [9.17, 15) is 19.5 Å². The molecule has 0 radical (unpaired) electrons. The summed E-state index contributed by atoms with van der Waals surface area (Å²) in [6, 6.07) is 15.9. The van der Waals surface area contributed by atoms with E-state index >= 15 is 0 Å². The van der Waals surface area contributed by atoms with E-state index in [1.165, 1.54) is 16.9 Å². The predicted octanol–water partition coefficient (Wildman–Crippen LogP) is 9.01. The van der Waals surface area contributed by atoms with Crippen molar-refractivity contribution in [2.75, 3.05) is 17.3 Å². The molecule has 1 aromatic heterocycles. The molecule has 1 heterocycles. The largest absolute Gasteiger partial charge is 0.461 e. The molecule has 3 fully saturated rings. The Kier molecular flexibility index (Phi) is 10.00. The van der Waals surface area contributed by atoms with E-state index in [1.807, 2.05) is 23.6 Å². The molecule has 3 N–H and O–H groups in total. The molecule has 2 aromatic carbocycles. The molecule has 10 heteroatoms.